The Kier molecular flexibility index (Phi) is 5.15. The highest BCUT2D eigenvalue weighted by atomic mass is 32.1. The van der Waals surface area contributed by atoms with Crippen molar-refractivity contribution in [2.45, 2.75) is 0 Å². The predicted octanol–water partition coefficient (Wildman–Crippen LogP) is 1.41. The maximum absolute atomic E-state index is 11.4. The molecule has 0 fully saturated rings. The largest absolute Gasteiger partial charge is 0.331 e. The number of hydrazone groups is 2. The van der Waals surface area contributed by atoms with Crippen LogP contribution in [0.2, 0.25) is 0 Å². The Bertz CT molecular complexity index is 562. The zero-order chi connectivity index (χ0) is 14.2. The minimum absolute atomic E-state index is 0.853. The summed E-state index contributed by atoms with van der Waals surface area (Å²) in [5.41, 5.74) is 5.94. The molecule has 0 saturated heterocycles. The quantitative estimate of drug-likeness (QED) is 0.508. The number of amides is 2. The van der Waals surface area contributed by atoms with Crippen LogP contribution in [0.15, 0.2) is 43.9 Å². The van der Waals surface area contributed by atoms with Crippen LogP contribution in [-0.2, 0) is 9.59 Å². The molecular formula is C12H10N4O2S2. The van der Waals surface area contributed by atoms with E-state index in [9.17, 15) is 9.59 Å². The molecule has 20 heavy (non-hydrogen) atoms. The standard InChI is InChI=1S/C12H10N4O2S2/c17-11(15-13-5-9-1-3-19-7-9)12(18)16-14-6-10-2-4-20-8-10/h1-8H,(H,15,17)(H,16,18). The van der Waals surface area contributed by atoms with Gasteiger partial charge in [-0.25, -0.2) is 10.9 Å². The molecule has 2 aromatic heterocycles. The smallest absolute Gasteiger partial charge is 0.262 e. The fourth-order valence-electron chi connectivity index (χ4n) is 1.13. The van der Waals surface area contributed by atoms with E-state index >= 15 is 0 Å². The first-order valence-corrected chi connectivity index (χ1v) is 7.35. The summed E-state index contributed by atoms with van der Waals surface area (Å²) in [6, 6.07) is 3.68. The average molecular weight is 306 g/mol. The molecule has 0 saturated carbocycles. The fourth-order valence-corrected chi connectivity index (χ4v) is 2.35. The van der Waals surface area contributed by atoms with E-state index in [1.165, 1.54) is 35.1 Å². The minimum Gasteiger partial charge on any atom is -0.262 e. The highest BCUT2D eigenvalue weighted by Crippen LogP contribution is 2.02. The van der Waals surface area contributed by atoms with Crippen LogP contribution >= 0.6 is 22.7 Å². The molecule has 0 aliphatic rings. The average Bonchev–Trinajstić information content (AvgIpc) is 3.11. The maximum Gasteiger partial charge on any atom is 0.331 e. The van der Waals surface area contributed by atoms with E-state index in [2.05, 4.69) is 21.1 Å². The number of nitrogens with one attached hydrogen (secondary N) is 2. The number of hydrogen-bond donors (Lipinski definition) is 2. The normalized spacial score (nSPS) is 11.0. The molecule has 0 bridgehead atoms. The lowest BCUT2D eigenvalue weighted by Gasteiger charge is -1.97. The van der Waals surface area contributed by atoms with Crippen molar-refractivity contribution in [3.05, 3.63) is 44.8 Å². The van der Waals surface area contributed by atoms with E-state index in [-0.39, 0.29) is 0 Å². The fraction of sp³-hybridized carbons (Fsp3) is 0. The second kappa shape index (κ2) is 7.31. The summed E-state index contributed by atoms with van der Waals surface area (Å²) >= 11 is 3.03. The van der Waals surface area contributed by atoms with Gasteiger partial charge in [-0.3, -0.25) is 9.59 Å². The van der Waals surface area contributed by atoms with E-state index in [4.69, 9.17) is 0 Å². The third-order valence-corrected chi connectivity index (χ3v) is 3.45. The Labute approximate surface area is 122 Å². The first-order chi connectivity index (χ1) is 9.75. The number of carbonyl (C=O) groups excluding carboxylic acids is 2. The number of rotatable bonds is 4. The molecule has 2 amide bonds. The van der Waals surface area contributed by atoms with Crippen molar-refractivity contribution in [3.63, 3.8) is 0 Å². The number of carbonyl (C=O) groups is 2. The molecule has 0 unspecified atom stereocenters. The van der Waals surface area contributed by atoms with E-state index in [1.807, 2.05) is 33.7 Å². The first-order valence-electron chi connectivity index (χ1n) is 5.46. The molecule has 2 aromatic rings. The molecule has 0 spiro atoms. The topological polar surface area (TPSA) is 82.9 Å². The molecule has 2 heterocycles. The highest BCUT2D eigenvalue weighted by molar-refractivity contribution is 7.08. The lowest BCUT2D eigenvalue weighted by Crippen LogP contribution is -2.35. The zero-order valence-electron chi connectivity index (χ0n) is 10.1. The number of nitrogens with zero attached hydrogens (tertiary/aromatic N) is 2. The van der Waals surface area contributed by atoms with Gasteiger partial charge in [0.2, 0.25) is 0 Å². The van der Waals surface area contributed by atoms with Crippen molar-refractivity contribution in [2.75, 3.05) is 0 Å². The van der Waals surface area contributed by atoms with Crippen LogP contribution in [0.1, 0.15) is 11.1 Å². The summed E-state index contributed by atoms with van der Waals surface area (Å²) in [7, 11) is 0. The monoisotopic (exact) mass is 306 g/mol. The molecular weight excluding hydrogens is 296 g/mol. The molecule has 0 radical (unpaired) electrons. The Morgan fingerprint density at radius 2 is 1.35 bits per heavy atom. The van der Waals surface area contributed by atoms with Gasteiger partial charge < -0.3 is 0 Å². The van der Waals surface area contributed by atoms with Crippen LogP contribution in [0.3, 0.4) is 0 Å². The van der Waals surface area contributed by atoms with Crippen molar-refractivity contribution in [3.8, 4) is 0 Å². The van der Waals surface area contributed by atoms with Gasteiger partial charge in [-0.05, 0) is 33.7 Å². The van der Waals surface area contributed by atoms with E-state index < -0.39 is 11.8 Å². The van der Waals surface area contributed by atoms with Crippen LogP contribution in [-0.4, -0.2) is 24.2 Å². The zero-order valence-corrected chi connectivity index (χ0v) is 11.8. The Morgan fingerprint density at radius 3 is 1.70 bits per heavy atom. The van der Waals surface area contributed by atoms with Gasteiger partial charge >= 0.3 is 11.8 Å². The van der Waals surface area contributed by atoms with Gasteiger partial charge in [0, 0.05) is 11.1 Å². The van der Waals surface area contributed by atoms with Crippen LogP contribution in [0.25, 0.3) is 0 Å². The van der Waals surface area contributed by atoms with Gasteiger partial charge in [0.15, 0.2) is 0 Å². The third kappa shape index (κ3) is 4.41. The molecule has 102 valence electrons. The molecule has 0 aliphatic heterocycles. The van der Waals surface area contributed by atoms with Gasteiger partial charge in [-0.2, -0.15) is 32.9 Å². The Hall–Kier alpha value is -2.32. The number of hydrogen-bond acceptors (Lipinski definition) is 6. The lowest BCUT2D eigenvalue weighted by atomic mass is 10.4. The van der Waals surface area contributed by atoms with Crippen molar-refractivity contribution in [1.82, 2.24) is 10.9 Å². The van der Waals surface area contributed by atoms with Gasteiger partial charge in [0.25, 0.3) is 0 Å². The van der Waals surface area contributed by atoms with Crippen LogP contribution in [0, 0.1) is 0 Å². The highest BCUT2D eigenvalue weighted by Gasteiger charge is 2.10. The van der Waals surface area contributed by atoms with Crippen molar-refractivity contribution >= 4 is 46.9 Å². The summed E-state index contributed by atoms with van der Waals surface area (Å²) in [4.78, 5) is 22.7. The predicted molar refractivity (Wildman–Crippen MR) is 80.1 cm³/mol. The van der Waals surface area contributed by atoms with E-state index in [0.29, 0.717) is 0 Å². The maximum atomic E-state index is 11.4. The molecule has 2 N–H and O–H groups in total. The summed E-state index contributed by atoms with van der Waals surface area (Å²) in [5.74, 6) is -1.75. The van der Waals surface area contributed by atoms with E-state index in [1.54, 1.807) is 0 Å². The molecule has 0 aliphatic carbocycles. The second-order valence-corrected chi connectivity index (χ2v) is 5.07. The SMILES string of the molecule is O=C(NN=Cc1ccsc1)C(=O)NN=Cc1ccsc1. The summed E-state index contributed by atoms with van der Waals surface area (Å²) in [6.45, 7) is 0. The van der Waals surface area contributed by atoms with Gasteiger partial charge in [-0.15, -0.1) is 0 Å². The summed E-state index contributed by atoms with van der Waals surface area (Å²) in [5, 5.41) is 14.8. The van der Waals surface area contributed by atoms with Gasteiger partial charge in [-0.1, -0.05) is 0 Å². The van der Waals surface area contributed by atoms with Crippen molar-refractivity contribution in [1.29, 1.82) is 0 Å². The molecule has 2 rings (SSSR count). The summed E-state index contributed by atoms with van der Waals surface area (Å²) in [6.07, 6.45) is 2.91. The van der Waals surface area contributed by atoms with Crippen molar-refractivity contribution in [2.24, 2.45) is 10.2 Å². The van der Waals surface area contributed by atoms with E-state index in [0.717, 1.165) is 11.1 Å². The van der Waals surface area contributed by atoms with Crippen LogP contribution < -0.4 is 10.9 Å². The first kappa shape index (κ1) is 14.1. The molecule has 0 aromatic carbocycles. The molecule has 8 heteroatoms. The van der Waals surface area contributed by atoms with Gasteiger partial charge in [0.05, 0.1) is 12.4 Å². The minimum atomic E-state index is -0.876. The van der Waals surface area contributed by atoms with Crippen LogP contribution in [0.5, 0.6) is 0 Å². The lowest BCUT2D eigenvalue weighted by molar-refractivity contribution is -0.139. The Morgan fingerprint density at radius 1 is 0.900 bits per heavy atom. The molecule has 0 atom stereocenters. The number of thiophene rings is 2. The van der Waals surface area contributed by atoms with Gasteiger partial charge in [0.1, 0.15) is 0 Å². The van der Waals surface area contributed by atoms with Crippen molar-refractivity contribution < 1.29 is 9.59 Å². The third-order valence-electron chi connectivity index (χ3n) is 2.05. The summed E-state index contributed by atoms with van der Waals surface area (Å²) < 4.78 is 0. The second-order valence-electron chi connectivity index (χ2n) is 3.51. The molecule has 6 nitrogen and oxygen atoms in total. The Balaban J connectivity index is 1.76. The van der Waals surface area contributed by atoms with Crippen LogP contribution in [0.4, 0.5) is 0 Å².